The lowest BCUT2D eigenvalue weighted by Crippen LogP contribution is -2.88. The summed E-state index contributed by atoms with van der Waals surface area (Å²) in [4.78, 5) is 36.8. The van der Waals surface area contributed by atoms with Crippen LogP contribution in [-0.4, -0.2) is 42.3 Å². The van der Waals surface area contributed by atoms with Crippen LogP contribution in [0.5, 0.6) is 5.75 Å². The van der Waals surface area contributed by atoms with Crippen molar-refractivity contribution in [2.45, 2.75) is 110 Å². The second-order valence-electron chi connectivity index (χ2n) is 14.8. The van der Waals surface area contributed by atoms with Gasteiger partial charge in [-0.1, -0.05) is 38.9 Å². The number of nitrogens with one attached hydrogen (secondary N) is 1. The summed E-state index contributed by atoms with van der Waals surface area (Å²) in [5.41, 5.74) is 4.87. The molecule has 2 saturated carbocycles. The summed E-state index contributed by atoms with van der Waals surface area (Å²) in [6.07, 6.45) is 10.2. The lowest BCUT2D eigenvalue weighted by atomic mass is 9.53. The van der Waals surface area contributed by atoms with Crippen LogP contribution in [0, 0.1) is 30.1 Å². The fourth-order valence-electron chi connectivity index (χ4n) is 8.95. The topological polar surface area (TPSA) is 106 Å². The quantitative estimate of drug-likeness (QED) is 0.228. The molecule has 9 heteroatoms. The van der Waals surface area contributed by atoms with Crippen molar-refractivity contribution in [3.63, 3.8) is 0 Å². The molecule has 238 valence electrons. The minimum absolute atomic E-state index is 0.0254. The Balaban J connectivity index is 1.27. The highest BCUT2D eigenvalue weighted by molar-refractivity contribution is 7.15. The maximum atomic E-state index is 13.1. The van der Waals surface area contributed by atoms with E-state index >= 15 is 0 Å². The first-order valence-corrected chi connectivity index (χ1v) is 17.3. The largest absolute Gasteiger partial charge is 0.422 e. The van der Waals surface area contributed by atoms with Crippen molar-refractivity contribution in [3.8, 4) is 5.75 Å². The average Bonchev–Trinajstić information content (AvgIpc) is 3.71. The van der Waals surface area contributed by atoms with Crippen LogP contribution in [0.25, 0.3) is 0 Å². The van der Waals surface area contributed by atoms with Crippen molar-refractivity contribution in [2.75, 3.05) is 19.0 Å². The van der Waals surface area contributed by atoms with Gasteiger partial charge < -0.3 is 20.2 Å². The number of fused-ring (bicyclic) bond motifs is 5. The van der Waals surface area contributed by atoms with E-state index in [9.17, 15) is 9.59 Å². The fraction of sp³-hybridized carbons (Fsp3) is 0.657. The third-order valence-corrected chi connectivity index (χ3v) is 11.8. The molecule has 2 heterocycles. The number of rotatable bonds is 7. The Morgan fingerprint density at radius 2 is 2.05 bits per heavy atom. The Labute approximate surface area is 265 Å². The lowest BCUT2D eigenvalue weighted by Gasteiger charge is -2.50. The number of hydrogen-bond donors (Lipinski definition) is 2. The molecule has 3 aliphatic carbocycles. The highest BCUT2D eigenvalue weighted by atomic mass is 32.1. The van der Waals surface area contributed by atoms with Gasteiger partial charge in [0.25, 0.3) is 0 Å². The van der Waals surface area contributed by atoms with Crippen molar-refractivity contribution in [3.05, 3.63) is 39.9 Å². The number of ether oxygens (including phenoxy) is 1. The summed E-state index contributed by atoms with van der Waals surface area (Å²) in [6, 6.07) is 4.49. The van der Waals surface area contributed by atoms with Gasteiger partial charge in [-0.15, -0.1) is 11.3 Å². The van der Waals surface area contributed by atoms with E-state index in [1.165, 1.54) is 22.5 Å². The number of aromatic nitrogens is 1. The Morgan fingerprint density at radius 3 is 2.73 bits per heavy atom. The predicted octanol–water partition coefficient (Wildman–Crippen LogP) is 5.88. The molecule has 0 spiro atoms. The highest BCUT2D eigenvalue weighted by Crippen LogP contribution is 2.63. The van der Waals surface area contributed by atoms with E-state index in [2.05, 4.69) is 60.6 Å². The van der Waals surface area contributed by atoms with Crippen LogP contribution in [-0.2, 0) is 26.3 Å². The van der Waals surface area contributed by atoms with E-state index in [1.54, 1.807) is 13.3 Å². The number of anilines is 1. The molecular weight excluding hydrogens is 572 g/mol. The first-order chi connectivity index (χ1) is 21.0. The van der Waals surface area contributed by atoms with Gasteiger partial charge in [0.2, 0.25) is 5.91 Å². The van der Waals surface area contributed by atoms with Crippen molar-refractivity contribution in [1.29, 1.82) is 0 Å². The number of nitrogens with zero attached hydrogens (tertiary/aromatic N) is 2. The first-order valence-electron chi connectivity index (χ1n) is 16.5. The molecule has 1 saturated heterocycles. The van der Waals surface area contributed by atoms with Gasteiger partial charge in [0.05, 0.1) is 12.3 Å². The summed E-state index contributed by atoms with van der Waals surface area (Å²) in [7, 11) is 1.65. The molecule has 3 fully saturated rings. The summed E-state index contributed by atoms with van der Waals surface area (Å²) in [5, 5.41) is 10.4. The molecule has 1 amide bonds. The summed E-state index contributed by atoms with van der Waals surface area (Å²) >= 11 is 1.51. The van der Waals surface area contributed by atoms with Crippen molar-refractivity contribution >= 4 is 34.1 Å². The van der Waals surface area contributed by atoms with Crippen LogP contribution in [0.2, 0.25) is 0 Å². The third-order valence-electron chi connectivity index (χ3n) is 11.0. The summed E-state index contributed by atoms with van der Waals surface area (Å²) < 4.78 is 6.16. The third kappa shape index (κ3) is 5.94. The van der Waals surface area contributed by atoms with Gasteiger partial charge in [-0.25, -0.2) is 9.78 Å². The number of hydrogen-bond acceptors (Lipinski definition) is 7. The zero-order chi connectivity index (χ0) is 31.2. The minimum Gasteiger partial charge on any atom is -0.422 e. The molecule has 6 atom stereocenters. The molecule has 6 rings (SSSR count). The van der Waals surface area contributed by atoms with Crippen molar-refractivity contribution < 1.29 is 24.5 Å². The van der Waals surface area contributed by atoms with Gasteiger partial charge in [-0.3, -0.25) is 4.79 Å². The number of benzene rings is 1. The van der Waals surface area contributed by atoms with Crippen LogP contribution < -0.4 is 15.4 Å². The number of esters is 1. The van der Waals surface area contributed by atoms with Gasteiger partial charge in [0, 0.05) is 41.3 Å². The zero-order valence-electron chi connectivity index (χ0n) is 27.2. The molecule has 1 aromatic heterocycles. The number of aryl methyl sites for hydroxylation is 2. The number of nitrogens with two attached hydrogens (primary N) is 1. The van der Waals surface area contributed by atoms with Crippen molar-refractivity contribution in [1.82, 2.24) is 4.98 Å². The lowest BCUT2D eigenvalue weighted by molar-refractivity contribution is -0.658. The Bertz CT molecular complexity index is 1440. The van der Waals surface area contributed by atoms with Gasteiger partial charge in [-0.2, -0.15) is 0 Å². The molecule has 4 unspecified atom stereocenters. The van der Waals surface area contributed by atoms with Crippen molar-refractivity contribution in [2.24, 2.45) is 28.3 Å². The van der Waals surface area contributed by atoms with Crippen LogP contribution in [0.15, 0.2) is 23.5 Å². The number of carbonyl (C=O) groups is 2. The van der Waals surface area contributed by atoms with Gasteiger partial charge >= 0.3 is 5.97 Å². The number of amides is 1. The number of thiazole rings is 1. The molecule has 1 aromatic carbocycles. The highest BCUT2D eigenvalue weighted by Gasteiger charge is 2.57. The molecule has 44 heavy (non-hydrogen) atoms. The zero-order valence-corrected chi connectivity index (χ0v) is 28.0. The summed E-state index contributed by atoms with van der Waals surface area (Å²) in [6.45, 7) is 12.0. The van der Waals surface area contributed by atoms with E-state index in [0.717, 1.165) is 79.8 Å². The van der Waals surface area contributed by atoms with Crippen LogP contribution in [0.3, 0.4) is 0 Å². The predicted molar refractivity (Wildman–Crippen MR) is 173 cm³/mol. The smallest absolute Gasteiger partial charge is 0.370 e. The van der Waals surface area contributed by atoms with E-state index < -0.39 is 0 Å². The Hall–Kier alpha value is -2.78. The van der Waals surface area contributed by atoms with Crippen LogP contribution in [0.4, 0.5) is 5.13 Å². The normalized spacial score (nSPS) is 30.4. The number of oxime groups is 1. The molecule has 0 bridgehead atoms. The van der Waals surface area contributed by atoms with E-state index in [4.69, 9.17) is 9.57 Å². The van der Waals surface area contributed by atoms with Gasteiger partial charge in [0.15, 0.2) is 11.2 Å². The first kappa shape index (κ1) is 31.2. The fourth-order valence-corrected chi connectivity index (χ4v) is 9.63. The molecule has 0 radical (unpaired) electrons. The average molecular weight is 622 g/mol. The van der Waals surface area contributed by atoms with Crippen LogP contribution in [0.1, 0.15) is 107 Å². The SMILES string of the molecule is CO/N=C1\C[C@@H](CCC(=O)Nc2ncc(C)s2)C2C3CCc4cc(OC(=O)C5CCC[NH2+]5)c(C(C)(C)C)cc4C3CC[C@]12C. The summed E-state index contributed by atoms with van der Waals surface area (Å²) in [5.74, 6) is 2.44. The number of carbonyl (C=O) groups excluding carboxylic acids is 2. The Morgan fingerprint density at radius 1 is 1.23 bits per heavy atom. The second kappa shape index (κ2) is 12.2. The van der Waals surface area contributed by atoms with Crippen LogP contribution >= 0.6 is 11.3 Å². The van der Waals surface area contributed by atoms with Gasteiger partial charge in [-0.05, 0) is 91.7 Å². The molecule has 2 aromatic rings. The second-order valence-corrected chi connectivity index (χ2v) is 16.1. The maximum absolute atomic E-state index is 13.1. The molecule has 4 aliphatic rings. The van der Waals surface area contributed by atoms with Gasteiger partial charge in [0.1, 0.15) is 12.9 Å². The Kier molecular flexibility index (Phi) is 8.65. The molecule has 3 N–H and O–H groups in total. The molecule has 1 aliphatic heterocycles. The monoisotopic (exact) mass is 621 g/mol. The van der Waals surface area contributed by atoms with E-state index in [1.807, 2.05) is 6.92 Å². The maximum Gasteiger partial charge on any atom is 0.370 e. The number of quaternary nitrogens is 1. The van der Waals surface area contributed by atoms with E-state index in [0.29, 0.717) is 35.2 Å². The van der Waals surface area contributed by atoms with E-state index in [-0.39, 0.29) is 28.7 Å². The molecule has 8 nitrogen and oxygen atoms in total. The minimum atomic E-state index is -0.155. The molecular formula is C35H49N4O4S+. The standard InChI is InChI=1S/C35H48N4O4S/c1-20-19-37-33(44-20)38-30(40)12-10-22-17-29(39-42-6)35(5)14-13-23-24(31(22)35)11-9-21-16-28(26(18-25(21)23)34(2,3)4)43-32(41)27-8-7-15-36-27/h16,18-19,22-24,27,31,36H,7-15,17H2,1-6H3,(H,37,38,40)/p+1/b39-29+/t22-,23?,24?,27?,31?,35-/m1/s1.